The zero-order valence-corrected chi connectivity index (χ0v) is 11.0. The molecule has 0 radical (unpaired) electrons. The molecule has 1 aliphatic rings. The molecule has 4 nitrogen and oxygen atoms in total. The van der Waals surface area contributed by atoms with Crippen LogP contribution in [0.15, 0.2) is 18.2 Å². The topological polar surface area (TPSA) is 61.5 Å². The van der Waals surface area contributed by atoms with E-state index in [-0.39, 0.29) is 18.8 Å². The fraction of sp³-hybridized carbons (Fsp3) is 0.462. The van der Waals surface area contributed by atoms with Crippen molar-refractivity contribution >= 4 is 17.4 Å². The van der Waals surface area contributed by atoms with Crippen LogP contribution in [0.25, 0.3) is 0 Å². The van der Waals surface area contributed by atoms with Crippen molar-refractivity contribution in [3.63, 3.8) is 0 Å². The maximum absolute atomic E-state index is 12.2. The predicted octanol–water partition coefficient (Wildman–Crippen LogP) is 1.58. The Kier molecular flexibility index (Phi) is 3.90. The van der Waals surface area contributed by atoms with Gasteiger partial charge in [0, 0.05) is 23.6 Å². The van der Waals surface area contributed by atoms with Crippen LogP contribution in [0.5, 0.6) is 5.75 Å². The lowest BCUT2D eigenvalue weighted by atomic mass is 9.90. The van der Waals surface area contributed by atoms with Crippen LogP contribution in [0, 0.1) is 0 Å². The van der Waals surface area contributed by atoms with Crippen molar-refractivity contribution < 1.29 is 14.3 Å². The number of Topliss-reactive ketones (excluding diaryl/α,β-unsaturated/α-hetero) is 1. The number of hydrogen-bond donors (Lipinski definition) is 1. The van der Waals surface area contributed by atoms with Crippen LogP contribution in [0.1, 0.15) is 12.0 Å². The number of rotatable bonds is 4. The van der Waals surface area contributed by atoms with Crippen molar-refractivity contribution in [2.24, 2.45) is 5.73 Å². The number of nitrogens with two attached hydrogens (primary N) is 1. The summed E-state index contributed by atoms with van der Waals surface area (Å²) in [4.78, 5) is 12.2. The van der Waals surface area contributed by atoms with Crippen molar-refractivity contribution in [2.75, 3.05) is 20.3 Å². The summed E-state index contributed by atoms with van der Waals surface area (Å²) in [5.74, 6) is 0.607. The first-order valence-electron chi connectivity index (χ1n) is 5.77. The SMILES string of the molecule is COc1ccc(Cl)cc1CC(=O)C1(N)CCOC1. The molecule has 5 heteroatoms. The van der Waals surface area contributed by atoms with Crippen molar-refractivity contribution in [1.82, 2.24) is 0 Å². The highest BCUT2D eigenvalue weighted by molar-refractivity contribution is 6.30. The van der Waals surface area contributed by atoms with Gasteiger partial charge < -0.3 is 15.2 Å². The average molecular weight is 270 g/mol. The third-order valence-electron chi connectivity index (χ3n) is 3.20. The molecule has 1 aliphatic heterocycles. The molecule has 1 heterocycles. The lowest BCUT2D eigenvalue weighted by Gasteiger charge is -2.20. The van der Waals surface area contributed by atoms with Gasteiger partial charge >= 0.3 is 0 Å². The monoisotopic (exact) mass is 269 g/mol. The summed E-state index contributed by atoms with van der Waals surface area (Å²) < 4.78 is 10.4. The van der Waals surface area contributed by atoms with Crippen LogP contribution in [-0.4, -0.2) is 31.6 Å². The van der Waals surface area contributed by atoms with Gasteiger partial charge in [-0.3, -0.25) is 4.79 Å². The van der Waals surface area contributed by atoms with Crippen molar-refractivity contribution in [3.8, 4) is 5.75 Å². The summed E-state index contributed by atoms with van der Waals surface area (Å²) in [5.41, 5.74) is 5.92. The number of ketones is 1. The molecule has 0 saturated carbocycles. The Bertz CT molecular complexity index is 456. The van der Waals surface area contributed by atoms with Crippen LogP contribution in [0.2, 0.25) is 5.02 Å². The molecule has 0 aliphatic carbocycles. The van der Waals surface area contributed by atoms with Crippen LogP contribution in [0.3, 0.4) is 0 Å². The van der Waals surface area contributed by atoms with E-state index >= 15 is 0 Å². The Labute approximate surface area is 111 Å². The Morgan fingerprint density at radius 3 is 3.00 bits per heavy atom. The molecular weight excluding hydrogens is 254 g/mol. The molecule has 2 rings (SSSR count). The van der Waals surface area contributed by atoms with E-state index in [0.717, 1.165) is 5.56 Å². The van der Waals surface area contributed by atoms with E-state index in [9.17, 15) is 4.79 Å². The molecule has 1 aromatic carbocycles. The fourth-order valence-corrected chi connectivity index (χ4v) is 2.23. The highest BCUT2D eigenvalue weighted by Crippen LogP contribution is 2.26. The van der Waals surface area contributed by atoms with E-state index in [1.807, 2.05) is 0 Å². The Balaban J connectivity index is 2.18. The third kappa shape index (κ3) is 2.66. The van der Waals surface area contributed by atoms with Crippen molar-refractivity contribution in [2.45, 2.75) is 18.4 Å². The number of halogens is 1. The van der Waals surface area contributed by atoms with E-state index < -0.39 is 5.54 Å². The summed E-state index contributed by atoms with van der Waals surface area (Å²) in [6, 6.07) is 5.21. The predicted molar refractivity (Wildman–Crippen MR) is 69.1 cm³/mol. The molecule has 0 bridgehead atoms. The zero-order valence-electron chi connectivity index (χ0n) is 10.2. The number of carbonyl (C=O) groups is 1. The average Bonchev–Trinajstić information content (AvgIpc) is 2.78. The van der Waals surface area contributed by atoms with E-state index in [1.165, 1.54) is 0 Å². The maximum atomic E-state index is 12.2. The third-order valence-corrected chi connectivity index (χ3v) is 3.44. The quantitative estimate of drug-likeness (QED) is 0.901. The lowest BCUT2D eigenvalue weighted by molar-refractivity contribution is -0.123. The molecule has 1 saturated heterocycles. The fourth-order valence-electron chi connectivity index (χ4n) is 2.03. The number of ether oxygens (including phenoxy) is 2. The summed E-state index contributed by atoms with van der Waals surface area (Å²) in [5, 5.41) is 0.576. The van der Waals surface area contributed by atoms with Gasteiger partial charge in [0.1, 0.15) is 11.3 Å². The second kappa shape index (κ2) is 5.26. The highest BCUT2D eigenvalue weighted by atomic mass is 35.5. The van der Waals surface area contributed by atoms with Crippen molar-refractivity contribution in [1.29, 1.82) is 0 Å². The molecule has 1 fully saturated rings. The van der Waals surface area contributed by atoms with Crippen LogP contribution >= 0.6 is 11.6 Å². The minimum Gasteiger partial charge on any atom is -0.496 e. The number of hydrogen-bond acceptors (Lipinski definition) is 4. The van der Waals surface area contributed by atoms with Gasteiger partial charge in [-0.25, -0.2) is 0 Å². The van der Waals surface area contributed by atoms with Crippen LogP contribution < -0.4 is 10.5 Å². The normalized spacial score (nSPS) is 23.1. The Hall–Kier alpha value is -1.10. The molecule has 0 aromatic heterocycles. The van der Waals surface area contributed by atoms with Crippen LogP contribution in [-0.2, 0) is 16.0 Å². The van der Waals surface area contributed by atoms with Gasteiger partial charge in [-0.1, -0.05) is 11.6 Å². The number of methoxy groups -OCH3 is 1. The molecular formula is C13H16ClNO3. The zero-order chi connectivity index (χ0) is 13.2. The largest absolute Gasteiger partial charge is 0.496 e. The van der Waals surface area contributed by atoms with Gasteiger partial charge in [-0.2, -0.15) is 0 Å². The number of carbonyl (C=O) groups excluding carboxylic acids is 1. The van der Waals surface area contributed by atoms with E-state index in [4.69, 9.17) is 26.8 Å². The first kappa shape index (κ1) is 13.3. The molecule has 0 spiro atoms. The highest BCUT2D eigenvalue weighted by Gasteiger charge is 2.37. The summed E-state index contributed by atoms with van der Waals surface area (Å²) >= 11 is 5.93. The van der Waals surface area contributed by atoms with Crippen molar-refractivity contribution in [3.05, 3.63) is 28.8 Å². The molecule has 98 valence electrons. The first-order valence-corrected chi connectivity index (χ1v) is 6.15. The molecule has 0 amide bonds. The summed E-state index contributed by atoms with van der Waals surface area (Å²) in [6.45, 7) is 0.823. The minimum absolute atomic E-state index is 0.0411. The Morgan fingerprint density at radius 1 is 1.61 bits per heavy atom. The Morgan fingerprint density at radius 2 is 2.39 bits per heavy atom. The van der Waals surface area contributed by atoms with E-state index in [2.05, 4.69) is 0 Å². The molecule has 1 unspecified atom stereocenters. The molecule has 1 atom stereocenters. The maximum Gasteiger partial charge on any atom is 0.159 e. The number of benzene rings is 1. The van der Waals surface area contributed by atoms with Gasteiger partial charge in [0.25, 0.3) is 0 Å². The van der Waals surface area contributed by atoms with Crippen LogP contribution in [0.4, 0.5) is 0 Å². The van der Waals surface area contributed by atoms with E-state index in [0.29, 0.717) is 23.8 Å². The standard InChI is InChI=1S/C13H16ClNO3/c1-17-11-3-2-10(14)6-9(11)7-12(16)13(15)4-5-18-8-13/h2-3,6H,4-5,7-8,15H2,1H3. The second-order valence-electron chi connectivity index (χ2n) is 4.51. The molecule has 18 heavy (non-hydrogen) atoms. The second-order valence-corrected chi connectivity index (χ2v) is 4.95. The minimum atomic E-state index is -0.868. The van der Waals surface area contributed by atoms with E-state index in [1.54, 1.807) is 25.3 Å². The van der Waals surface area contributed by atoms with Gasteiger partial charge in [0.15, 0.2) is 5.78 Å². The van der Waals surface area contributed by atoms with Gasteiger partial charge in [0.05, 0.1) is 13.7 Å². The summed E-state index contributed by atoms with van der Waals surface area (Å²) in [7, 11) is 1.56. The summed E-state index contributed by atoms with van der Waals surface area (Å²) in [6.07, 6.45) is 0.776. The smallest absolute Gasteiger partial charge is 0.159 e. The van der Waals surface area contributed by atoms with Gasteiger partial charge in [0.2, 0.25) is 0 Å². The van der Waals surface area contributed by atoms with Gasteiger partial charge in [-0.15, -0.1) is 0 Å². The molecule has 2 N–H and O–H groups in total. The lowest BCUT2D eigenvalue weighted by Crippen LogP contribution is -2.49. The van der Waals surface area contributed by atoms with Gasteiger partial charge in [-0.05, 0) is 24.6 Å². The first-order chi connectivity index (χ1) is 8.55. The molecule has 1 aromatic rings.